The predicted octanol–water partition coefficient (Wildman–Crippen LogP) is 3.80. The zero-order valence-corrected chi connectivity index (χ0v) is 18.2. The van der Waals surface area contributed by atoms with Crippen LogP contribution in [-0.2, 0) is 0 Å². The smallest absolute Gasteiger partial charge is 0.255 e. The molecule has 8 heteroatoms. The van der Waals surface area contributed by atoms with Crippen LogP contribution in [0.1, 0.15) is 41.3 Å². The summed E-state index contributed by atoms with van der Waals surface area (Å²) in [6.07, 6.45) is 4.81. The van der Waals surface area contributed by atoms with Crippen LogP contribution in [0.25, 0.3) is 11.4 Å². The molecule has 0 aliphatic carbocycles. The summed E-state index contributed by atoms with van der Waals surface area (Å²) in [5.41, 5.74) is 3.06. The third kappa shape index (κ3) is 5.40. The van der Waals surface area contributed by atoms with Crippen molar-refractivity contribution in [1.29, 1.82) is 0 Å². The van der Waals surface area contributed by atoms with Gasteiger partial charge in [0.15, 0.2) is 5.82 Å². The van der Waals surface area contributed by atoms with Crippen LogP contribution < -0.4 is 16.0 Å². The van der Waals surface area contributed by atoms with E-state index in [4.69, 9.17) is 0 Å². The summed E-state index contributed by atoms with van der Waals surface area (Å²) < 4.78 is 14.4. The second kappa shape index (κ2) is 10.1. The minimum Gasteiger partial charge on any atom is -0.351 e. The van der Waals surface area contributed by atoms with E-state index in [1.54, 1.807) is 30.6 Å². The number of carbonyl (C=O) groups excluding carboxylic acids is 1. The summed E-state index contributed by atoms with van der Waals surface area (Å²) in [5.74, 6) is 0.297. The quantitative estimate of drug-likeness (QED) is 0.478. The van der Waals surface area contributed by atoms with Crippen molar-refractivity contribution in [2.75, 3.05) is 25.5 Å². The van der Waals surface area contributed by atoms with Gasteiger partial charge in [-0.1, -0.05) is 25.5 Å². The normalized spacial score (nSPS) is 10.9. The number of rotatable bonds is 8. The van der Waals surface area contributed by atoms with E-state index in [1.807, 2.05) is 27.8 Å². The molecule has 3 rings (SSSR count). The average molecular weight is 423 g/mol. The third-order valence-electron chi connectivity index (χ3n) is 4.78. The first-order chi connectivity index (χ1) is 14.9. The predicted molar refractivity (Wildman–Crippen MR) is 120 cm³/mol. The van der Waals surface area contributed by atoms with E-state index in [1.165, 1.54) is 12.3 Å². The lowest BCUT2D eigenvalue weighted by atomic mass is 10.0. The lowest BCUT2D eigenvalue weighted by Gasteiger charge is -2.17. The highest BCUT2D eigenvalue weighted by atomic mass is 19.1. The highest BCUT2D eigenvalue weighted by Gasteiger charge is 2.17. The van der Waals surface area contributed by atoms with Crippen LogP contribution in [0.2, 0.25) is 0 Å². The molecule has 0 saturated heterocycles. The Morgan fingerprint density at radius 1 is 1.16 bits per heavy atom. The number of aromatic nitrogens is 3. The Balaban J connectivity index is 1.99. The van der Waals surface area contributed by atoms with Gasteiger partial charge in [0, 0.05) is 37.2 Å². The zero-order valence-electron chi connectivity index (χ0n) is 18.2. The standard InChI is InChI=1S/C23H27FN6O/c1-14(2)17-13-28-21(16-11-15(3)5-6-19(16)24)30-22(17)29-20-7-8-26-12-18(20)23(31)27-10-9-25-4/h5-8,11-14,25H,9-10H2,1-4H3,(H,27,31)(H,26,28,29,30). The van der Waals surface area contributed by atoms with Crippen LogP contribution in [0.4, 0.5) is 15.9 Å². The molecule has 162 valence electrons. The molecule has 0 unspecified atom stereocenters. The monoisotopic (exact) mass is 422 g/mol. The first-order valence-electron chi connectivity index (χ1n) is 10.2. The fourth-order valence-electron chi connectivity index (χ4n) is 3.06. The molecule has 2 aromatic heterocycles. The van der Waals surface area contributed by atoms with Gasteiger partial charge < -0.3 is 16.0 Å². The van der Waals surface area contributed by atoms with E-state index in [2.05, 4.69) is 30.9 Å². The van der Waals surface area contributed by atoms with Crippen LogP contribution >= 0.6 is 0 Å². The Bertz CT molecular complexity index is 1070. The second-order valence-corrected chi connectivity index (χ2v) is 7.54. The van der Waals surface area contributed by atoms with Gasteiger partial charge in [-0.05, 0) is 38.1 Å². The van der Waals surface area contributed by atoms with Crippen molar-refractivity contribution in [1.82, 2.24) is 25.6 Å². The van der Waals surface area contributed by atoms with Crippen LogP contribution in [0, 0.1) is 12.7 Å². The molecule has 0 radical (unpaired) electrons. The molecule has 3 N–H and O–H groups in total. The summed E-state index contributed by atoms with van der Waals surface area (Å²) in [5, 5.41) is 9.08. The number of carbonyl (C=O) groups is 1. The van der Waals surface area contributed by atoms with Crippen molar-refractivity contribution in [3.8, 4) is 11.4 Å². The maximum Gasteiger partial charge on any atom is 0.255 e. The lowest BCUT2D eigenvalue weighted by molar-refractivity contribution is 0.0954. The number of hydrogen-bond acceptors (Lipinski definition) is 6. The fraction of sp³-hybridized carbons (Fsp3) is 0.304. The van der Waals surface area contributed by atoms with Crippen molar-refractivity contribution in [3.63, 3.8) is 0 Å². The van der Waals surface area contributed by atoms with Gasteiger partial charge in [0.25, 0.3) is 5.91 Å². The second-order valence-electron chi connectivity index (χ2n) is 7.54. The van der Waals surface area contributed by atoms with Crippen LogP contribution in [0.5, 0.6) is 0 Å². The molecule has 0 saturated carbocycles. The number of pyridine rings is 1. The van der Waals surface area contributed by atoms with Crippen LogP contribution in [-0.4, -0.2) is 41.0 Å². The number of likely N-dealkylation sites (N-methyl/N-ethyl adjacent to an activating group) is 1. The number of benzene rings is 1. The Hall–Kier alpha value is -3.39. The molecule has 7 nitrogen and oxygen atoms in total. The maximum atomic E-state index is 14.4. The molecule has 0 fully saturated rings. The Morgan fingerprint density at radius 3 is 2.71 bits per heavy atom. The molecule has 0 spiro atoms. The summed E-state index contributed by atoms with van der Waals surface area (Å²) >= 11 is 0. The molecule has 31 heavy (non-hydrogen) atoms. The molecule has 0 bridgehead atoms. The highest BCUT2D eigenvalue weighted by Crippen LogP contribution is 2.29. The number of nitrogens with one attached hydrogen (secondary N) is 3. The largest absolute Gasteiger partial charge is 0.351 e. The van der Waals surface area contributed by atoms with Crippen molar-refractivity contribution < 1.29 is 9.18 Å². The number of aryl methyl sites for hydroxylation is 1. The third-order valence-corrected chi connectivity index (χ3v) is 4.78. The van der Waals surface area contributed by atoms with Gasteiger partial charge in [0.05, 0.1) is 16.8 Å². The number of anilines is 2. The van der Waals surface area contributed by atoms with E-state index < -0.39 is 0 Å². The van der Waals surface area contributed by atoms with Gasteiger partial charge in [-0.2, -0.15) is 0 Å². The SMILES string of the molecule is CNCCNC(=O)c1cnccc1Nc1nc(-c2cc(C)ccc2F)ncc1C(C)C. The molecule has 1 aromatic carbocycles. The molecular formula is C23H27FN6O. The van der Waals surface area contributed by atoms with Gasteiger partial charge >= 0.3 is 0 Å². The van der Waals surface area contributed by atoms with Crippen LogP contribution in [0.3, 0.4) is 0 Å². The fourth-order valence-corrected chi connectivity index (χ4v) is 3.06. The summed E-state index contributed by atoms with van der Waals surface area (Å²) in [4.78, 5) is 25.7. The van der Waals surface area contributed by atoms with Gasteiger partial charge in [0.1, 0.15) is 11.6 Å². The Morgan fingerprint density at radius 2 is 1.97 bits per heavy atom. The van der Waals surface area contributed by atoms with Gasteiger partial charge in [0.2, 0.25) is 0 Å². The Labute approximate surface area is 181 Å². The summed E-state index contributed by atoms with van der Waals surface area (Å²) in [6, 6.07) is 6.55. The zero-order chi connectivity index (χ0) is 22.4. The summed E-state index contributed by atoms with van der Waals surface area (Å²) in [6.45, 7) is 7.08. The van der Waals surface area contributed by atoms with Crippen molar-refractivity contribution in [3.05, 3.63) is 65.4 Å². The topological polar surface area (TPSA) is 91.8 Å². The minimum absolute atomic E-state index is 0.119. The molecule has 0 aliphatic rings. The number of amides is 1. The minimum atomic E-state index is -0.387. The number of halogens is 1. The summed E-state index contributed by atoms with van der Waals surface area (Å²) in [7, 11) is 1.82. The first kappa shape index (κ1) is 22.3. The molecule has 0 aliphatic heterocycles. The van der Waals surface area contributed by atoms with E-state index in [0.29, 0.717) is 35.7 Å². The molecule has 3 aromatic rings. The van der Waals surface area contributed by atoms with E-state index in [9.17, 15) is 9.18 Å². The number of hydrogen-bond donors (Lipinski definition) is 3. The lowest BCUT2D eigenvalue weighted by Crippen LogP contribution is -2.30. The van der Waals surface area contributed by atoms with E-state index >= 15 is 0 Å². The van der Waals surface area contributed by atoms with Crippen LogP contribution in [0.15, 0.2) is 42.9 Å². The average Bonchev–Trinajstić information content (AvgIpc) is 2.75. The molecular weight excluding hydrogens is 395 g/mol. The van der Waals surface area contributed by atoms with Crippen molar-refractivity contribution >= 4 is 17.4 Å². The van der Waals surface area contributed by atoms with Gasteiger partial charge in [-0.3, -0.25) is 9.78 Å². The molecule has 2 heterocycles. The van der Waals surface area contributed by atoms with Crippen molar-refractivity contribution in [2.45, 2.75) is 26.7 Å². The molecule has 0 atom stereocenters. The van der Waals surface area contributed by atoms with E-state index in [-0.39, 0.29) is 23.5 Å². The van der Waals surface area contributed by atoms with E-state index in [0.717, 1.165) is 11.1 Å². The first-order valence-corrected chi connectivity index (χ1v) is 10.2. The molecule has 1 amide bonds. The highest BCUT2D eigenvalue weighted by molar-refractivity contribution is 5.99. The van der Waals surface area contributed by atoms with Gasteiger partial charge in [-0.25, -0.2) is 14.4 Å². The Kier molecular flexibility index (Phi) is 7.25. The van der Waals surface area contributed by atoms with Crippen molar-refractivity contribution in [2.24, 2.45) is 0 Å². The number of nitrogens with zero attached hydrogens (tertiary/aromatic N) is 3. The van der Waals surface area contributed by atoms with Gasteiger partial charge in [-0.15, -0.1) is 0 Å². The maximum absolute atomic E-state index is 14.4.